The molecule has 0 aliphatic heterocycles. The van der Waals surface area contributed by atoms with E-state index >= 15 is 0 Å². The highest BCUT2D eigenvalue weighted by Gasteiger charge is 2.10. The number of carbonyl (C=O) groups is 2. The number of Topliss-reactive ketones (excluding diaryl/α,β-unsaturated/α-hetero) is 1. The van der Waals surface area contributed by atoms with E-state index in [-0.39, 0.29) is 11.5 Å². The van der Waals surface area contributed by atoms with Crippen LogP contribution in [-0.2, 0) is 11.2 Å². The third kappa shape index (κ3) is 5.47. The SMILES string of the molecule is CCCCCCCC(=O)Cc1ccc(-c2cncc3ccc(C(N)=O)nc23)cc1. The number of hydrogen-bond donors (Lipinski definition) is 1. The zero-order chi connectivity index (χ0) is 20.6. The molecule has 29 heavy (non-hydrogen) atoms. The number of aromatic nitrogens is 2. The van der Waals surface area contributed by atoms with Gasteiger partial charge < -0.3 is 5.73 Å². The van der Waals surface area contributed by atoms with Gasteiger partial charge in [-0.15, -0.1) is 0 Å². The van der Waals surface area contributed by atoms with Gasteiger partial charge in [0.1, 0.15) is 11.5 Å². The lowest BCUT2D eigenvalue weighted by atomic mass is 9.99. The quantitative estimate of drug-likeness (QED) is 0.501. The number of fused-ring (bicyclic) bond motifs is 1. The van der Waals surface area contributed by atoms with Crippen LogP contribution in [0.25, 0.3) is 22.0 Å². The zero-order valence-electron chi connectivity index (χ0n) is 16.9. The summed E-state index contributed by atoms with van der Waals surface area (Å²) >= 11 is 0. The Morgan fingerprint density at radius 1 is 0.931 bits per heavy atom. The zero-order valence-corrected chi connectivity index (χ0v) is 16.9. The van der Waals surface area contributed by atoms with Crippen molar-refractivity contribution in [2.45, 2.75) is 51.9 Å². The molecule has 0 spiro atoms. The molecule has 0 saturated carbocycles. The van der Waals surface area contributed by atoms with Crippen LogP contribution in [0.1, 0.15) is 61.5 Å². The molecule has 0 saturated heterocycles. The molecule has 150 valence electrons. The molecule has 1 aromatic carbocycles. The molecule has 0 bridgehead atoms. The molecule has 0 radical (unpaired) electrons. The van der Waals surface area contributed by atoms with E-state index < -0.39 is 5.91 Å². The van der Waals surface area contributed by atoms with E-state index in [9.17, 15) is 9.59 Å². The largest absolute Gasteiger partial charge is 0.364 e. The lowest BCUT2D eigenvalue weighted by Gasteiger charge is -2.08. The van der Waals surface area contributed by atoms with Gasteiger partial charge in [-0.05, 0) is 29.7 Å². The standard InChI is InChI=1S/C24H27N3O2/c1-2-3-4-5-6-7-20(28)14-17-8-10-18(11-9-17)21-16-26-15-19-12-13-22(24(25)29)27-23(19)21/h8-13,15-16H,2-7,14H2,1H3,(H2,25,29). The molecule has 2 N–H and O–H groups in total. The first-order valence-corrected chi connectivity index (χ1v) is 10.2. The van der Waals surface area contributed by atoms with Crippen molar-refractivity contribution in [1.82, 2.24) is 9.97 Å². The number of rotatable bonds is 10. The van der Waals surface area contributed by atoms with E-state index in [1.54, 1.807) is 24.5 Å². The topological polar surface area (TPSA) is 85.9 Å². The van der Waals surface area contributed by atoms with Crippen molar-refractivity contribution in [3.63, 3.8) is 0 Å². The van der Waals surface area contributed by atoms with E-state index in [0.29, 0.717) is 18.4 Å². The van der Waals surface area contributed by atoms with Gasteiger partial charge >= 0.3 is 0 Å². The van der Waals surface area contributed by atoms with Gasteiger partial charge in [-0.2, -0.15) is 0 Å². The lowest BCUT2D eigenvalue weighted by molar-refractivity contribution is -0.118. The van der Waals surface area contributed by atoms with Gasteiger partial charge in [0.05, 0.1) is 5.52 Å². The maximum Gasteiger partial charge on any atom is 0.267 e. The Kier molecular flexibility index (Phi) is 7.06. The van der Waals surface area contributed by atoms with E-state index in [0.717, 1.165) is 34.9 Å². The second-order valence-corrected chi connectivity index (χ2v) is 7.40. The molecule has 0 atom stereocenters. The summed E-state index contributed by atoms with van der Waals surface area (Å²) in [6.45, 7) is 2.19. The van der Waals surface area contributed by atoms with Crippen molar-refractivity contribution in [2.75, 3.05) is 0 Å². The average molecular weight is 389 g/mol. The fraction of sp³-hybridized carbons (Fsp3) is 0.333. The molecule has 3 rings (SSSR count). The van der Waals surface area contributed by atoms with E-state index in [1.807, 2.05) is 24.3 Å². The van der Waals surface area contributed by atoms with Gasteiger partial charge in [-0.1, -0.05) is 56.9 Å². The summed E-state index contributed by atoms with van der Waals surface area (Å²) in [5, 5.41) is 0.842. The molecule has 0 unspecified atom stereocenters. The first-order valence-electron chi connectivity index (χ1n) is 10.2. The molecule has 2 heterocycles. The number of primary amides is 1. The van der Waals surface area contributed by atoms with Crippen LogP contribution >= 0.6 is 0 Å². The van der Waals surface area contributed by atoms with Crippen LogP contribution in [0, 0.1) is 0 Å². The highest BCUT2D eigenvalue weighted by molar-refractivity contribution is 5.97. The molecule has 0 fully saturated rings. The van der Waals surface area contributed by atoms with Crippen LogP contribution in [0.2, 0.25) is 0 Å². The summed E-state index contributed by atoms with van der Waals surface area (Å²) in [6.07, 6.45) is 10.3. The second-order valence-electron chi connectivity index (χ2n) is 7.40. The molecule has 5 nitrogen and oxygen atoms in total. The van der Waals surface area contributed by atoms with Crippen molar-refractivity contribution in [3.05, 3.63) is 60.0 Å². The Morgan fingerprint density at radius 2 is 1.69 bits per heavy atom. The summed E-state index contributed by atoms with van der Waals surface area (Å²) in [4.78, 5) is 32.4. The number of nitrogens with zero attached hydrogens (tertiary/aromatic N) is 2. The van der Waals surface area contributed by atoms with Crippen molar-refractivity contribution in [1.29, 1.82) is 0 Å². The van der Waals surface area contributed by atoms with Crippen LogP contribution in [0.5, 0.6) is 0 Å². The molecule has 5 heteroatoms. The Bertz CT molecular complexity index is 997. The summed E-state index contributed by atoms with van der Waals surface area (Å²) < 4.78 is 0. The summed E-state index contributed by atoms with van der Waals surface area (Å²) in [5.74, 6) is -0.271. The van der Waals surface area contributed by atoms with Gasteiger partial charge in [0.25, 0.3) is 5.91 Å². The van der Waals surface area contributed by atoms with Crippen molar-refractivity contribution in [2.24, 2.45) is 5.73 Å². The monoisotopic (exact) mass is 389 g/mol. The fourth-order valence-corrected chi connectivity index (χ4v) is 3.44. The number of unbranched alkanes of at least 4 members (excludes halogenated alkanes) is 4. The number of nitrogens with two attached hydrogens (primary N) is 1. The normalized spacial score (nSPS) is 10.9. The number of ketones is 1. The van der Waals surface area contributed by atoms with Gasteiger partial charge in [0.2, 0.25) is 0 Å². The second kappa shape index (κ2) is 9.92. The van der Waals surface area contributed by atoms with Crippen LogP contribution in [0.4, 0.5) is 0 Å². The van der Waals surface area contributed by atoms with Gasteiger partial charge in [-0.3, -0.25) is 14.6 Å². The van der Waals surface area contributed by atoms with Crippen LogP contribution in [0.15, 0.2) is 48.8 Å². The van der Waals surface area contributed by atoms with Crippen molar-refractivity contribution >= 4 is 22.6 Å². The van der Waals surface area contributed by atoms with Gasteiger partial charge in [-0.25, -0.2) is 4.98 Å². The summed E-state index contributed by atoms with van der Waals surface area (Å²) in [7, 11) is 0. The van der Waals surface area contributed by atoms with Crippen molar-refractivity contribution < 1.29 is 9.59 Å². The Labute approximate surface area is 171 Å². The van der Waals surface area contributed by atoms with Crippen molar-refractivity contribution in [3.8, 4) is 11.1 Å². The molecule has 2 aromatic heterocycles. The van der Waals surface area contributed by atoms with Crippen LogP contribution < -0.4 is 5.73 Å². The Balaban J connectivity index is 1.71. The highest BCUT2D eigenvalue weighted by atomic mass is 16.1. The predicted molar refractivity (Wildman–Crippen MR) is 116 cm³/mol. The van der Waals surface area contributed by atoms with Crippen LogP contribution in [-0.4, -0.2) is 21.7 Å². The molecular formula is C24H27N3O2. The minimum Gasteiger partial charge on any atom is -0.364 e. The fourth-order valence-electron chi connectivity index (χ4n) is 3.44. The Hall–Kier alpha value is -3.08. The third-order valence-electron chi connectivity index (χ3n) is 5.08. The smallest absolute Gasteiger partial charge is 0.267 e. The third-order valence-corrected chi connectivity index (χ3v) is 5.08. The summed E-state index contributed by atoms with van der Waals surface area (Å²) in [5.41, 5.74) is 9.06. The number of carbonyl (C=O) groups excluding carboxylic acids is 2. The number of benzene rings is 1. The van der Waals surface area contributed by atoms with Crippen LogP contribution in [0.3, 0.4) is 0 Å². The first kappa shape index (κ1) is 20.6. The molecule has 3 aromatic rings. The number of pyridine rings is 2. The van der Waals surface area contributed by atoms with E-state index in [1.165, 1.54) is 19.3 Å². The predicted octanol–water partition coefficient (Wildman–Crippen LogP) is 4.87. The van der Waals surface area contributed by atoms with E-state index in [4.69, 9.17) is 5.73 Å². The highest BCUT2D eigenvalue weighted by Crippen LogP contribution is 2.27. The Morgan fingerprint density at radius 3 is 2.41 bits per heavy atom. The van der Waals surface area contributed by atoms with Gasteiger partial charge in [0, 0.05) is 36.2 Å². The maximum atomic E-state index is 12.2. The van der Waals surface area contributed by atoms with E-state index in [2.05, 4.69) is 16.9 Å². The number of hydrogen-bond acceptors (Lipinski definition) is 4. The molecule has 0 aliphatic carbocycles. The summed E-state index contributed by atoms with van der Waals surface area (Å²) in [6, 6.07) is 11.3. The maximum absolute atomic E-state index is 12.2. The lowest BCUT2D eigenvalue weighted by Crippen LogP contribution is -2.12. The number of amides is 1. The molecule has 0 aliphatic rings. The minimum absolute atomic E-state index is 0.228. The molecule has 1 amide bonds. The molecular weight excluding hydrogens is 362 g/mol. The first-order chi connectivity index (χ1) is 14.1. The average Bonchev–Trinajstić information content (AvgIpc) is 2.73. The minimum atomic E-state index is -0.557. The van der Waals surface area contributed by atoms with Gasteiger partial charge in [0.15, 0.2) is 0 Å².